The molecule has 3 aromatic rings. The van der Waals surface area contributed by atoms with Gasteiger partial charge in [0.1, 0.15) is 11.5 Å². The number of aromatic nitrogens is 4. The van der Waals surface area contributed by atoms with Crippen LogP contribution in [-0.2, 0) is 6.54 Å². The molecule has 0 aliphatic carbocycles. The number of H-pyrrole nitrogens is 1. The molecular weight excluding hydrogens is 414 g/mol. The van der Waals surface area contributed by atoms with Crippen LogP contribution < -0.4 is 4.90 Å². The van der Waals surface area contributed by atoms with E-state index in [-0.39, 0.29) is 30.6 Å². The van der Waals surface area contributed by atoms with E-state index >= 15 is 0 Å². The highest BCUT2D eigenvalue weighted by Crippen LogP contribution is 2.27. The van der Waals surface area contributed by atoms with Crippen molar-refractivity contribution in [3.63, 3.8) is 0 Å². The number of piperazine rings is 1. The average Bonchev–Trinajstić information content (AvgIpc) is 3.01. The Bertz CT molecular complexity index is 903. The molecule has 9 heteroatoms. The van der Waals surface area contributed by atoms with E-state index in [9.17, 15) is 4.39 Å². The second-order valence-corrected chi connectivity index (χ2v) is 6.91. The minimum Gasteiger partial charge on any atom is -0.352 e. The zero-order valence-corrected chi connectivity index (χ0v) is 18.1. The van der Waals surface area contributed by atoms with Gasteiger partial charge in [-0.2, -0.15) is 5.10 Å². The summed E-state index contributed by atoms with van der Waals surface area (Å²) in [7, 11) is 0. The number of nitrogens with zero attached hydrogens (tertiary/aromatic N) is 5. The first kappa shape index (κ1) is 23.1. The molecule has 1 aliphatic rings. The fourth-order valence-corrected chi connectivity index (χ4v) is 3.52. The fraction of sp³-hybridized carbons (Fsp3) is 0.350. The summed E-state index contributed by atoms with van der Waals surface area (Å²) in [6.45, 7) is 8.68. The van der Waals surface area contributed by atoms with Crippen molar-refractivity contribution in [2.75, 3.05) is 31.1 Å². The van der Waals surface area contributed by atoms with E-state index in [1.54, 1.807) is 24.5 Å². The Kier molecular flexibility index (Phi) is 7.96. The first-order valence-electron chi connectivity index (χ1n) is 9.16. The summed E-state index contributed by atoms with van der Waals surface area (Å²) in [5, 5.41) is 7.35. The standard InChI is InChI=1S/C20H23FN6.2ClH/c1-14-18(15(2)25-24-14)13-26-9-11-27(12-10-26)20-19(22-7-8-23-20)16-3-5-17(21)6-4-16;;/h3-8H,9-13H2,1-2H3,(H,24,25);2*1H. The lowest BCUT2D eigenvalue weighted by Gasteiger charge is -2.36. The maximum Gasteiger partial charge on any atom is 0.155 e. The van der Waals surface area contributed by atoms with Gasteiger partial charge in [-0.15, -0.1) is 24.8 Å². The zero-order valence-electron chi connectivity index (χ0n) is 16.4. The third-order valence-corrected chi connectivity index (χ3v) is 5.13. The van der Waals surface area contributed by atoms with Crippen LogP contribution in [0.2, 0.25) is 0 Å². The van der Waals surface area contributed by atoms with Gasteiger partial charge in [0.25, 0.3) is 0 Å². The van der Waals surface area contributed by atoms with E-state index < -0.39 is 0 Å². The lowest BCUT2D eigenvalue weighted by molar-refractivity contribution is 0.248. The third-order valence-electron chi connectivity index (χ3n) is 5.13. The molecule has 156 valence electrons. The van der Waals surface area contributed by atoms with E-state index in [1.165, 1.54) is 17.7 Å². The second-order valence-electron chi connectivity index (χ2n) is 6.91. The Balaban J connectivity index is 0.00000150. The predicted molar refractivity (Wildman–Crippen MR) is 117 cm³/mol. The third kappa shape index (κ3) is 5.04. The molecule has 1 fully saturated rings. The number of hydrogen-bond donors (Lipinski definition) is 1. The Labute approximate surface area is 182 Å². The number of aromatic amines is 1. The molecule has 3 heterocycles. The largest absolute Gasteiger partial charge is 0.352 e. The summed E-state index contributed by atoms with van der Waals surface area (Å²) >= 11 is 0. The van der Waals surface area contributed by atoms with E-state index in [0.717, 1.165) is 61.2 Å². The number of rotatable bonds is 4. The van der Waals surface area contributed by atoms with Gasteiger partial charge in [0.05, 0.1) is 5.69 Å². The van der Waals surface area contributed by atoms with Crippen LogP contribution in [-0.4, -0.2) is 51.2 Å². The first-order chi connectivity index (χ1) is 13.1. The molecule has 6 nitrogen and oxygen atoms in total. The topological polar surface area (TPSA) is 60.9 Å². The van der Waals surface area contributed by atoms with Crippen LogP contribution in [0.1, 0.15) is 17.0 Å². The molecule has 0 radical (unpaired) electrons. The van der Waals surface area contributed by atoms with Gasteiger partial charge in [0, 0.05) is 61.9 Å². The average molecular weight is 439 g/mol. The van der Waals surface area contributed by atoms with Crippen molar-refractivity contribution in [2.24, 2.45) is 0 Å². The molecule has 1 N–H and O–H groups in total. The van der Waals surface area contributed by atoms with Crippen LogP contribution in [0.25, 0.3) is 11.3 Å². The molecule has 1 aromatic carbocycles. The maximum absolute atomic E-state index is 13.3. The molecule has 29 heavy (non-hydrogen) atoms. The highest BCUT2D eigenvalue weighted by molar-refractivity contribution is 5.85. The molecule has 0 amide bonds. The Morgan fingerprint density at radius 1 is 0.966 bits per heavy atom. The lowest BCUT2D eigenvalue weighted by atomic mass is 10.1. The molecular formula is C20H25Cl2FN6. The van der Waals surface area contributed by atoms with Crippen molar-refractivity contribution in [3.8, 4) is 11.3 Å². The molecule has 1 aliphatic heterocycles. The van der Waals surface area contributed by atoms with Gasteiger partial charge >= 0.3 is 0 Å². The fourth-order valence-electron chi connectivity index (χ4n) is 3.52. The maximum atomic E-state index is 13.3. The van der Waals surface area contributed by atoms with Crippen molar-refractivity contribution < 1.29 is 4.39 Å². The van der Waals surface area contributed by atoms with Crippen LogP contribution >= 0.6 is 24.8 Å². The van der Waals surface area contributed by atoms with Gasteiger partial charge in [-0.3, -0.25) is 15.0 Å². The van der Waals surface area contributed by atoms with Crippen molar-refractivity contribution in [1.29, 1.82) is 0 Å². The summed E-state index contributed by atoms with van der Waals surface area (Å²) in [5.41, 5.74) is 5.18. The number of halogens is 3. The van der Waals surface area contributed by atoms with Crippen molar-refractivity contribution >= 4 is 30.6 Å². The van der Waals surface area contributed by atoms with E-state index in [4.69, 9.17) is 0 Å². The number of aryl methyl sites for hydroxylation is 2. The number of nitrogens with one attached hydrogen (secondary N) is 1. The van der Waals surface area contributed by atoms with Gasteiger partial charge in [0.15, 0.2) is 5.82 Å². The van der Waals surface area contributed by atoms with Crippen LogP contribution in [0.5, 0.6) is 0 Å². The van der Waals surface area contributed by atoms with Crippen molar-refractivity contribution in [1.82, 2.24) is 25.1 Å². The van der Waals surface area contributed by atoms with Gasteiger partial charge in [-0.05, 0) is 38.1 Å². The summed E-state index contributed by atoms with van der Waals surface area (Å²) in [4.78, 5) is 13.8. The minimum atomic E-state index is -0.248. The predicted octanol–water partition coefficient (Wildman–Crippen LogP) is 3.79. The molecule has 0 bridgehead atoms. The monoisotopic (exact) mass is 438 g/mol. The highest BCUT2D eigenvalue weighted by Gasteiger charge is 2.22. The second kappa shape index (κ2) is 10.0. The zero-order chi connectivity index (χ0) is 18.8. The summed E-state index contributed by atoms with van der Waals surface area (Å²) in [6, 6.07) is 6.43. The quantitative estimate of drug-likeness (QED) is 0.671. The van der Waals surface area contributed by atoms with Crippen molar-refractivity contribution in [2.45, 2.75) is 20.4 Å². The van der Waals surface area contributed by atoms with Crippen molar-refractivity contribution in [3.05, 3.63) is 59.4 Å². The molecule has 1 saturated heterocycles. The lowest BCUT2D eigenvalue weighted by Crippen LogP contribution is -2.46. The van der Waals surface area contributed by atoms with Crippen LogP contribution in [0.3, 0.4) is 0 Å². The van der Waals surface area contributed by atoms with Gasteiger partial charge in [-0.1, -0.05) is 0 Å². The Hall–Kier alpha value is -2.22. The highest BCUT2D eigenvalue weighted by atomic mass is 35.5. The normalized spacial score (nSPS) is 14.2. The van der Waals surface area contributed by atoms with Gasteiger partial charge in [-0.25, -0.2) is 9.37 Å². The van der Waals surface area contributed by atoms with Gasteiger partial charge in [0.2, 0.25) is 0 Å². The van der Waals surface area contributed by atoms with Gasteiger partial charge < -0.3 is 4.90 Å². The van der Waals surface area contributed by atoms with Crippen LogP contribution in [0.15, 0.2) is 36.7 Å². The van der Waals surface area contributed by atoms with E-state index in [2.05, 4.69) is 36.9 Å². The Morgan fingerprint density at radius 2 is 1.62 bits per heavy atom. The van der Waals surface area contributed by atoms with Crippen LogP contribution in [0, 0.1) is 19.7 Å². The van der Waals surface area contributed by atoms with Crippen LogP contribution in [0.4, 0.5) is 10.2 Å². The molecule has 2 aromatic heterocycles. The minimum absolute atomic E-state index is 0. The number of hydrogen-bond acceptors (Lipinski definition) is 5. The Morgan fingerprint density at radius 3 is 2.24 bits per heavy atom. The molecule has 4 rings (SSSR count). The number of benzene rings is 1. The molecule has 0 spiro atoms. The first-order valence-corrected chi connectivity index (χ1v) is 9.16. The molecule has 0 saturated carbocycles. The summed E-state index contributed by atoms with van der Waals surface area (Å²) in [5.74, 6) is 0.613. The molecule has 0 atom stereocenters. The smallest absolute Gasteiger partial charge is 0.155 e. The molecule has 0 unspecified atom stereocenters. The SMILES string of the molecule is Cc1n[nH]c(C)c1CN1CCN(c2nccnc2-c2ccc(F)cc2)CC1.Cl.Cl. The van der Waals surface area contributed by atoms with E-state index in [0.29, 0.717) is 0 Å². The summed E-state index contributed by atoms with van der Waals surface area (Å²) in [6.07, 6.45) is 3.40. The number of anilines is 1. The van der Waals surface area contributed by atoms with E-state index in [1.807, 2.05) is 6.92 Å². The summed E-state index contributed by atoms with van der Waals surface area (Å²) < 4.78 is 13.3.